The zero-order valence-corrected chi connectivity index (χ0v) is 18.9. The summed E-state index contributed by atoms with van der Waals surface area (Å²) < 4.78 is 5.87. The molecule has 0 bridgehead atoms. The van der Waals surface area contributed by atoms with E-state index < -0.39 is 0 Å². The molecule has 0 spiro atoms. The molecule has 0 unspecified atom stereocenters. The maximum Gasteiger partial charge on any atom is 0.264 e. The van der Waals surface area contributed by atoms with Crippen LogP contribution in [-0.4, -0.2) is 11.1 Å². The van der Waals surface area contributed by atoms with Gasteiger partial charge in [0.05, 0.1) is 10.6 Å². The van der Waals surface area contributed by atoms with Crippen molar-refractivity contribution in [2.75, 3.05) is 0 Å². The molecular formula is C28H22N2O2S. The molecule has 1 amide bonds. The molecule has 5 heteroatoms. The summed E-state index contributed by atoms with van der Waals surface area (Å²) in [6.45, 7) is 2.59. The van der Waals surface area contributed by atoms with Crippen LogP contribution in [0.4, 0.5) is 5.69 Å². The standard InChI is InChI=1S/C28H22N2O2S/c1-19-9-11-21(12-10-19)18-32-23-15-13-20(14-16-23)17-26-27(31)30-28(33-26)29-25-8-4-6-22-5-2-3-7-24(22)25/h2-17H,18H2,1H3,(H,29,30,31)/b26-17-. The van der Waals surface area contributed by atoms with Gasteiger partial charge in [-0.1, -0.05) is 78.4 Å². The van der Waals surface area contributed by atoms with Crippen molar-refractivity contribution in [3.05, 3.63) is 113 Å². The number of nitrogens with one attached hydrogen (secondary N) is 1. The molecule has 0 aliphatic carbocycles. The second kappa shape index (κ2) is 9.35. The fourth-order valence-corrected chi connectivity index (χ4v) is 4.39. The molecule has 4 aromatic rings. The highest BCUT2D eigenvalue weighted by Gasteiger charge is 2.24. The van der Waals surface area contributed by atoms with Crippen LogP contribution in [0.3, 0.4) is 0 Å². The third kappa shape index (κ3) is 4.99. The first-order valence-electron chi connectivity index (χ1n) is 10.7. The summed E-state index contributed by atoms with van der Waals surface area (Å²) in [7, 11) is 0. The van der Waals surface area contributed by atoms with Crippen molar-refractivity contribution < 1.29 is 9.53 Å². The van der Waals surface area contributed by atoms with Crippen molar-refractivity contribution >= 4 is 45.4 Å². The van der Waals surface area contributed by atoms with Gasteiger partial charge in [-0.2, -0.15) is 0 Å². The molecule has 5 rings (SSSR count). The van der Waals surface area contributed by atoms with E-state index in [2.05, 4.69) is 53.6 Å². The first-order valence-corrected chi connectivity index (χ1v) is 11.5. The molecule has 0 atom stereocenters. The zero-order chi connectivity index (χ0) is 22.6. The van der Waals surface area contributed by atoms with E-state index in [1.807, 2.05) is 60.7 Å². The molecule has 4 nitrogen and oxygen atoms in total. The highest BCUT2D eigenvalue weighted by atomic mass is 32.2. The Morgan fingerprint density at radius 3 is 2.48 bits per heavy atom. The lowest BCUT2D eigenvalue weighted by molar-refractivity contribution is -0.115. The Labute approximate surface area is 197 Å². The third-order valence-electron chi connectivity index (χ3n) is 5.34. The van der Waals surface area contributed by atoms with Crippen LogP contribution in [0.5, 0.6) is 5.75 Å². The van der Waals surface area contributed by atoms with E-state index in [1.165, 1.54) is 17.3 Å². The maximum absolute atomic E-state index is 12.5. The molecule has 1 aliphatic rings. The Kier molecular flexibility index (Phi) is 5.96. The fraction of sp³-hybridized carbons (Fsp3) is 0.0714. The van der Waals surface area contributed by atoms with Gasteiger partial charge in [0.25, 0.3) is 5.91 Å². The quantitative estimate of drug-likeness (QED) is 0.348. The van der Waals surface area contributed by atoms with Gasteiger partial charge >= 0.3 is 0 Å². The summed E-state index contributed by atoms with van der Waals surface area (Å²) in [6, 6.07) is 30.1. The summed E-state index contributed by atoms with van der Waals surface area (Å²) >= 11 is 1.35. The number of amidine groups is 1. The molecule has 1 aliphatic heterocycles. The summed E-state index contributed by atoms with van der Waals surface area (Å²) in [5.74, 6) is 0.651. The number of carbonyl (C=O) groups excluding carboxylic acids is 1. The van der Waals surface area contributed by atoms with Crippen molar-refractivity contribution in [3.8, 4) is 5.75 Å². The number of thioether (sulfide) groups is 1. The molecule has 1 heterocycles. The van der Waals surface area contributed by atoms with Gasteiger partial charge in [0.15, 0.2) is 5.17 Å². The zero-order valence-electron chi connectivity index (χ0n) is 18.1. The number of rotatable bonds is 5. The highest BCUT2D eigenvalue weighted by molar-refractivity contribution is 8.18. The van der Waals surface area contributed by atoms with Crippen LogP contribution in [0, 0.1) is 6.92 Å². The summed E-state index contributed by atoms with van der Waals surface area (Å²) in [5.41, 5.74) is 4.13. The van der Waals surface area contributed by atoms with E-state index in [0.717, 1.165) is 33.3 Å². The van der Waals surface area contributed by atoms with Gasteiger partial charge in [-0.25, -0.2) is 4.99 Å². The van der Waals surface area contributed by atoms with Gasteiger partial charge in [0, 0.05) is 5.39 Å². The van der Waals surface area contributed by atoms with Gasteiger partial charge in [-0.15, -0.1) is 0 Å². The second-order valence-electron chi connectivity index (χ2n) is 7.82. The van der Waals surface area contributed by atoms with E-state index in [1.54, 1.807) is 0 Å². The number of hydrogen-bond donors (Lipinski definition) is 1. The predicted molar refractivity (Wildman–Crippen MR) is 137 cm³/mol. The number of ether oxygens (including phenoxy) is 1. The van der Waals surface area contributed by atoms with Gasteiger partial charge in [-0.3, -0.25) is 4.79 Å². The average Bonchev–Trinajstić information content (AvgIpc) is 3.18. The summed E-state index contributed by atoms with van der Waals surface area (Å²) in [6.07, 6.45) is 1.87. The van der Waals surface area contributed by atoms with Crippen molar-refractivity contribution in [3.63, 3.8) is 0 Å². The predicted octanol–water partition coefficient (Wildman–Crippen LogP) is 6.62. The number of carbonyl (C=O) groups is 1. The van der Waals surface area contributed by atoms with Gasteiger partial charge in [0.1, 0.15) is 12.4 Å². The van der Waals surface area contributed by atoms with Crippen molar-refractivity contribution in [1.82, 2.24) is 5.32 Å². The maximum atomic E-state index is 12.5. The minimum absolute atomic E-state index is 0.140. The number of aliphatic imine (C=N–C) groups is 1. The molecule has 0 aromatic heterocycles. The Hall–Kier alpha value is -3.83. The first kappa shape index (κ1) is 21.0. The van der Waals surface area contributed by atoms with Crippen LogP contribution >= 0.6 is 11.8 Å². The smallest absolute Gasteiger partial charge is 0.264 e. The minimum Gasteiger partial charge on any atom is -0.489 e. The Bertz CT molecular complexity index is 1370. The van der Waals surface area contributed by atoms with Crippen LogP contribution in [0.1, 0.15) is 16.7 Å². The summed E-state index contributed by atoms with van der Waals surface area (Å²) in [5, 5.41) is 5.63. The SMILES string of the molecule is Cc1ccc(COc2ccc(/C=C3\SC(=Nc4cccc5ccccc45)NC3=O)cc2)cc1. The average molecular weight is 451 g/mol. The Balaban J connectivity index is 1.28. The van der Waals surface area contributed by atoms with E-state index in [0.29, 0.717) is 16.7 Å². The number of amides is 1. The van der Waals surface area contributed by atoms with Crippen molar-refractivity contribution in [2.24, 2.45) is 4.99 Å². The van der Waals surface area contributed by atoms with Gasteiger partial charge in [-0.05, 0) is 59.5 Å². The van der Waals surface area contributed by atoms with Crippen molar-refractivity contribution in [1.29, 1.82) is 0 Å². The number of aryl methyl sites for hydroxylation is 1. The van der Waals surface area contributed by atoms with Gasteiger partial charge in [0.2, 0.25) is 0 Å². The van der Waals surface area contributed by atoms with Crippen LogP contribution in [0.25, 0.3) is 16.8 Å². The molecule has 0 saturated carbocycles. The largest absolute Gasteiger partial charge is 0.489 e. The van der Waals surface area contributed by atoms with Crippen LogP contribution in [0.2, 0.25) is 0 Å². The topological polar surface area (TPSA) is 50.7 Å². The first-order chi connectivity index (χ1) is 16.1. The van der Waals surface area contributed by atoms with Crippen LogP contribution < -0.4 is 10.1 Å². The normalized spacial score (nSPS) is 15.8. The number of hydrogen-bond acceptors (Lipinski definition) is 4. The second-order valence-corrected chi connectivity index (χ2v) is 8.85. The monoisotopic (exact) mass is 450 g/mol. The molecule has 1 saturated heterocycles. The van der Waals surface area contributed by atoms with E-state index in [-0.39, 0.29) is 5.91 Å². The summed E-state index contributed by atoms with van der Waals surface area (Å²) in [4.78, 5) is 17.8. The van der Waals surface area contributed by atoms with Crippen LogP contribution in [0.15, 0.2) is 101 Å². The number of benzene rings is 4. The Morgan fingerprint density at radius 1 is 0.909 bits per heavy atom. The van der Waals surface area contributed by atoms with E-state index in [9.17, 15) is 4.79 Å². The Morgan fingerprint density at radius 2 is 1.67 bits per heavy atom. The molecule has 1 fully saturated rings. The van der Waals surface area contributed by atoms with E-state index in [4.69, 9.17) is 4.74 Å². The number of fused-ring (bicyclic) bond motifs is 1. The minimum atomic E-state index is -0.140. The number of nitrogens with zero attached hydrogens (tertiary/aromatic N) is 1. The highest BCUT2D eigenvalue weighted by Crippen LogP contribution is 2.31. The van der Waals surface area contributed by atoms with Crippen LogP contribution in [-0.2, 0) is 11.4 Å². The lowest BCUT2D eigenvalue weighted by Crippen LogP contribution is -2.19. The third-order valence-corrected chi connectivity index (χ3v) is 6.25. The lowest BCUT2D eigenvalue weighted by atomic mass is 10.1. The molecule has 1 N–H and O–H groups in total. The lowest BCUT2D eigenvalue weighted by Gasteiger charge is -2.07. The molecule has 0 radical (unpaired) electrons. The molecular weight excluding hydrogens is 428 g/mol. The van der Waals surface area contributed by atoms with Gasteiger partial charge < -0.3 is 10.1 Å². The van der Waals surface area contributed by atoms with E-state index >= 15 is 0 Å². The fourth-order valence-electron chi connectivity index (χ4n) is 3.56. The molecule has 162 valence electrons. The molecule has 33 heavy (non-hydrogen) atoms. The van der Waals surface area contributed by atoms with Crippen molar-refractivity contribution in [2.45, 2.75) is 13.5 Å². The molecule has 4 aromatic carbocycles.